The fourth-order valence-electron chi connectivity index (χ4n) is 1.20. The number of aliphatic hydroxyl groups is 2. The molecule has 0 fully saturated rings. The van der Waals surface area contributed by atoms with Gasteiger partial charge in [0.15, 0.2) is 0 Å². The molecule has 0 aliphatic carbocycles. The van der Waals surface area contributed by atoms with E-state index in [1.807, 2.05) is 24.5 Å². The fraction of sp³-hybridized carbons (Fsp3) is 0.400. The average molecular weight is 233 g/mol. The van der Waals surface area contributed by atoms with Crippen LogP contribution in [0.2, 0.25) is 0 Å². The zero-order chi connectivity index (χ0) is 10.6. The van der Waals surface area contributed by atoms with Crippen molar-refractivity contribution in [1.82, 2.24) is 0 Å². The number of benzene rings is 1. The van der Waals surface area contributed by atoms with Crippen LogP contribution in [0.4, 0.5) is 0 Å². The van der Waals surface area contributed by atoms with Crippen LogP contribution in [-0.4, -0.2) is 28.5 Å². The molecule has 0 aromatic heterocycles. The lowest BCUT2D eigenvalue weighted by Gasteiger charge is -2.18. The summed E-state index contributed by atoms with van der Waals surface area (Å²) in [6.07, 6.45) is 0.111. The number of hydrogen-bond acceptors (Lipinski definition) is 3. The normalized spacial score (nSPS) is 15.1. The molecular formula is C10H13ClO2S. The molecule has 0 bridgehead atoms. The van der Waals surface area contributed by atoms with Crippen molar-refractivity contribution in [2.75, 3.05) is 12.1 Å². The van der Waals surface area contributed by atoms with Crippen molar-refractivity contribution in [3.63, 3.8) is 0 Å². The Balaban J connectivity index is 2.93. The first-order valence-electron chi connectivity index (χ1n) is 4.25. The highest BCUT2D eigenvalue weighted by molar-refractivity contribution is 7.98. The van der Waals surface area contributed by atoms with Gasteiger partial charge in [-0.25, -0.2) is 0 Å². The summed E-state index contributed by atoms with van der Waals surface area (Å²) >= 11 is 7.01. The largest absolute Gasteiger partial charge is 0.389 e. The lowest BCUT2D eigenvalue weighted by Crippen LogP contribution is -2.20. The second kappa shape index (κ2) is 5.61. The SMILES string of the molecule is CSc1ccccc1C(O)C(O)CCl. The van der Waals surface area contributed by atoms with Crippen LogP contribution in [0, 0.1) is 0 Å². The van der Waals surface area contributed by atoms with E-state index in [0.717, 1.165) is 10.5 Å². The monoisotopic (exact) mass is 232 g/mol. The van der Waals surface area contributed by atoms with Crippen molar-refractivity contribution in [2.24, 2.45) is 0 Å². The topological polar surface area (TPSA) is 40.5 Å². The Morgan fingerprint density at radius 3 is 2.57 bits per heavy atom. The number of halogens is 1. The van der Waals surface area contributed by atoms with Crippen molar-refractivity contribution in [1.29, 1.82) is 0 Å². The van der Waals surface area contributed by atoms with E-state index < -0.39 is 12.2 Å². The third-order valence-corrected chi connectivity index (χ3v) is 3.11. The lowest BCUT2D eigenvalue weighted by atomic mass is 10.1. The van der Waals surface area contributed by atoms with Crippen LogP contribution in [0.1, 0.15) is 11.7 Å². The van der Waals surface area contributed by atoms with Gasteiger partial charge in [0.2, 0.25) is 0 Å². The van der Waals surface area contributed by atoms with E-state index in [1.54, 1.807) is 6.07 Å². The zero-order valence-electron chi connectivity index (χ0n) is 7.85. The average Bonchev–Trinajstić information content (AvgIpc) is 2.26. The molecule has 2 N–H and O–H groups in total. The van der Waals surface area contributed by atoms with Crippen molar-refractivity contribution >= 4 is 23.4 Å². The van der Waals surface area contributed by atoms with E-state index in [4.69, 9.17) is 11.6 Å². The molecule has 0 heterocycles. The summed E-state index contributed by atoms with van der Waals surface area (Å²) in [5, 5.41) is 19.2. The Kier molecular flexibility index (Phi) is 4.75. The molecular weight excluding hydrogens is 220 g/mol. The Hall–Kier alpha value is -0.220. The predicted molar refractivity (Wildman–Crippen MR) is 59.9 cm³/mol. The molecule has 0 spiro atoms. The fourth-order valence-corrected chi connectivity index (χ4v) is 2.01. The highest BCUT2D eigenvalue weighted by atomic mass is 35.5. The maximum atomic E-state index is 9.75. The molecule has 1 rings (SSSR count). The molecule has 2 atom stereocenters. The Morgan fingerprint density at radius 1 is 1.36 bits per heavy atom. The third kappa shape index (κ3) is 2.64. The first-order valence-corrected chi connectivity index (χ1v) is 6.01. The molecule has 2 nitrogen and oxygen atoms in total. The molecule has 0 amide bonds. The van der Waals surface area contributed by atoms with Gasteiger partial charge < -0.3 is 10.2 Å². The van der Waals surface area contributed by atoms with E-state index >= 15 is 0 Å². The summed E-state index contributed by atoms with van der Waals surface area (Å²) in [5.41, 5.74) is 0.730. The van der Waals surface area contributed by atoms with Crippen molar-refractivity contribution < 1.29 is 10.2 Å². The first kappa shape index (κ1) is 11.9. The van der Waals surface area contributed by atoms with E-state index in [9.17, 15) is 10.2 Å². The van der Waals surface area contributed by atoms with Crippen LogP contribution in [0.5, 0.6) is 0 Å². The maximum absolute atomic E-state index is 9.75. The summed E-state index contributed by atoms with van der Waals surface area (Å²) in [4.78, 5) is 0.962. The second-order valence-corrected chi connectivity index (χ2v) is 4.07. The van der Waals surface area contributed by atoms with Crippen LogP contribution in [0.3, 0.4) is 0 Å². The number of alkyl halides is 1. The minimum absolute atomic E-state index is 0.0316. The van der Waals surface area contributed by atoms with E-state index in [2.05, 4.69) is 0 Å². The highest BCUT2D eigenvalue weighted by Gasteiger charge is 2.19. The molecule has 4 heteroatoms. The maximum Gasteiger partial charge on any atom is 0.107 e. The van der Waals surface area contributed by atoms with E-state index in [1.165, 1.54) is 11.8 Å². The molecule has 1 aromatic rings. The summed E-state index contributed by atoms with van der Waals surface area (Å²) in [5.74, 6) is 0.0316. The molecule has 0 aliphatic rings. The molecule has 14 heavy (non-hydrogen) atoms. The third-order valence-electron chi connectivity index (χ3n) is 1.98. The molecule has 78 valence electrons. The van der Waals surface area contributed by atoms with Crippen LogP contribution in [0.25, 0.3) is 0 Å². The van der Waals surface area contributed by atoms with Gasteiger partial charge in [0, 0.05) is 4.90 Å². The number of aliphatic hydroxyl groups excluding tert-OH is 2. The molecule has 0 aliphatic heterocycles. The smallest absolute Gasteiger partial charge is 0.107 e. The van der Waals surface area contributed by atoms with Crippen LogP contribution in [-0.2, 0) is 0 Å². The van der Waals surface area contributed by atoms with Gasteiger partial charge in [0.1, 0.15) is 6.10 Å². The minimum atomic E-state index is -0.912. The summed E-state index contributed by atoms with van der Waals surface area (Å²) in [6.45, 7) is 0. The van der Waals surface area contributed by atoms with Crippen LogP contribution >= 0.6 is 23.4 Å². The minimum Gasteiger partial charge on any atom is -0.389 e. The van der Waals surface area contributed by atoms with Crippen molar-refractivity contribution in [3.05, 3.63) is 29.8 Å². The van der Waals surface area contributed by atoms with Gasteiger partial charge in [-0.3, -0.25) is 0 Å². The van der Waals surface area contributed by atoms with Gasteiger partial charge in [0.05, 0.1) is 12.0 Å². The predicted octanol–water partition coefficient (Wildman–Crippen LogP) is 2.04. The van der Waals surface area contributed by atoms with Gasteiger partial charge in [-0.1, -0.05) is 18.2 Å². The standard InChI is InChI=1S/C10H13ClO2S/c1-14-9-5-3-2-4-7(9)10(13)8(12)6-11/h2-5,8,10,12-13H,6H2,1H3. The summed E-state index contributed by atoms with van der Waals surface area (Å²) < 4.78 is 0. The summed E-state index contributed by atoms with van der Waals surface area (Å²) in [7, 11) is 0. The quantitative estimate of drug-likeness (QED) is 0.617. The highest BCUT2D eigenvalue weighted by Crippen LogP contribution is 2.27. The van der Waals surface area contributed by atoms with E-state index in [0.29, 0.717) is 0 Å². The number of thioether (sulfide) groups is 1. The number of rotatable bonds is 4. The first-order chi connectivity index (χ1) is 6.70. The van der Waals surface area contributed by atoms with Gasteiger partial charge in [-0.2, -0.15) is 0 Å². The van der Waals surface area contributed by atoms with E-state index in [-0.39, 0.29) is 5.88 Å². The molecule has 1 aromatic carbocycles. The van der Waals surface area contributed by atoms with Crippen LogP contribution < -0.4 is 0 Å². The molecule has 0 radical (unpaired) electrons. The number of hydrogen-bond donors (Lipinski definition) is 2. The molecule has 0 saturated heterocycles. The Labute approximate surface area is 92.9 Å². The zero-order valence-corrected chi connectivity index (χ0v) is 9.42. The molecule has 2 unspecified atom stereocenters. The van der Waals surface area contributed by atoms with Crippen molar-refractivity contribution in [3.8, 4) is 0 Å². The Bertz CT molecular complexity index is 293. The van der Waals surface area contributed by atoms with Gasteiger partial charge in [0.25, 0.3) is 0 Å². The van der Waals surface area contributed by atoms with Gasteiger partial charge >= 0.3 is 0 Å². The second-order valence-electron chi connectivity index (χ2n) is 2.91. The molecule has 0 saturated carbocycles. The van der Waals surface area contributed by atoms with Gasteiger partial charge in [-0.05, 0) is 17.9 Å². The Morgan fingerprint density at radius 2 is 2.00 bits per heavy atom. The van der Waals surface area contributed by atoms with Gasteiger partial charge in [-0.15, -0.1) is 23.4 Å². The van der Waals surface area contributed by atoms with Crippen molar-refractivity contribution in [2.45, 2.75) is 17.1 Å². The lowest BCUT2D eigenvalue weighted by molar-refractivity contribution is 0.0311. The summed E-state index contributed by atoms with van der Waals surface area (Å²) in [6, 6.07) is 7.44. The van der Waals surface area contributed by atoms with Crippen LogP contribution in [0.15, 0.2) is 29.2 Å².